The van der Waals surface area contributed by atoms with Crippen molar-refractivity contribution in [1.82, 2.24) is 4.98 Å². The van der Waals surface area contributed by atoms with Crippen LogP contribution in [-0.4, -0.2) is 16.2 Å². The third-order valence-corrected chi connectivity index (χ3v) is 2.48. The van der Waals surface area contributed by atoms with Crippen LogP contribution in [-0.2, 0) is 23.6 Å². The number of nitrogens with zero attached hydrogens (tertiary/aromatic N) is 2. The minimum Gasteiger partial charge on any atom is -0.872 e. The van der Waals surface area contributed by atoms with Gasteiger partial charge in [-0.05, 0) is 24.6 Å². The van der Waals surface area contributed by atoms with Crippen LogP contribution < -0.4 is 23.7 Å². The maximum Gasteiger partial charge on any atom is 2.00 e. The van der Waals surface area contributed by atoms with Crippen LogP contribution in [0.5, 0.6) is 5.75 Å². The van der Waals surface area contributed by atoms with Gasteiger partial charge in [-0.25, -0.2) is 18.6 Å². The van der Waals surface area contributed by atoms with Crippen LogP contribution >= 0.6 is 0 Å². The summed E-state index contributed by atoms with van der Waals surface area (Å²) in [5, 5.41) is 11.6. The number of hydrogen-bond donors (Lipinski definition) is 0. The second-order valence-electron chi connectivity index (χ2n) is 4.10. The van der Waals surface area contributed by atoms with Gasteiger partial charge in [0.15, 0.2) is 0 Å². The molecule has 0 bridgehead atoms. The van der Waals surface area contributed by atoms with E-state index in [1.165, 1.54) is 0 Å². The number of aliphatic imine (C=N–C) groups is 1. The summed E-state index contributed by atoms with van der Waals surface area (Å²) < 4.78 is 34.0. The minimum absolute atomic E-state index is 0. The fraction of sp³-hybridized carbons (Fsp3) is 0.143. The van der Waals surface area contributed by atoms with Gasteiger partial charge < -0.3 is 10.6 Å². The van der Waals surface area contributed by atoms with Gasteiger partial charge in [0.1, 0.15) is 0 Å². The van der Waals surface area contributed by atoms with Crippen molar-refractivity contribution in [2.45, 2.75) is 13.5 Å². The molecule has 1 radical (unpaired) electrons. The molecule has 1 aromatic heterocycles. The molecule has 24 heavy (non-hydrogen) atoms. The summed E-state index contributed by atoms with van der Waals surface area (Å²) in [5.41, 5.74) is 2.31. The first-order valence-electron chi connectivity index (χ1n) is 6.06. The predicted molar refractivity (Wildman–Crippen MR) is 69.7 cm³/mol. The molecule has 0 unspecified atom stereocenters. The fourth-order valence-electron chi connectivity index (χ4n) is 1.54. The van der Waals surface area contributed by atoms with Crippen molar-refractivity contribution in [3.05, 3.63) is 59.9 Å². The summed E-state index contributed by atoms with van der Waals surface area (Å²) >= 11 is 0. The van der Waals surface area contributed by atoms with Crippen molar-refractivity contribution in [2.75, 3.05) is 0 Å². The molecule has 2 rings (SSSR count). The van der Waals surface area contributed by atoms with Crippen molar-refractivity contribution < 1.29 is 56.5 Å². The molecular formula is C14H15ClCuN2O6. The van der Waals surface area contributed by atoms with E-state index in [0.717, 1.165) is 11.4 Å². The molecule has 0 aliphatic carbocycles. The third kappa shape index (κ3) is 11.1. The molecule has 135 valence electrons. The average molecular weight is 406 g/mol. The van der Waals surface area contributed by atoms with E-state index in [2.05, 4.69) is 9.98 Å². The predicted octanol–water partition coefficient (Wildman–Crippen LogP) is -3.42. The van der Waals surface area contributed by atoms with Crippen molar-refractivity contribution in [3.8, 4) is 5.75 Å². The van der Waals surface area contributed by atoms with Gasteiger partial charge in [-0.3, -0.25) is 9.98 Å². The molecule has 2 aromatic rings. The number of rotatable bonds is 3. The number of pyridine rings is 1. The van der Waals surface area contributed by atoms with Gasteiger partial charge in [-0.15, -0.1) is 10.2 Å². The zero-order valence-corrected chi connectivity index (χ0v) is 14.1. The molecule has 0 saturated heterocycles. The Balaban J connectivity index is 0. The van der Waals surface area contributed by atoms with E-state index >= 15 is 0 Å². The van der Waals surface area contributed by atoms with Gasteiger partial charge in [0.2, 0.25) is 0 Å². The van der Waals surface area contributed by atoms with E-state index in [1.807, 2.05) is 31.2 Å². The largest absolute Gasteiger partial charge is 2.00 e. The molecule has 0 atom stereocenters. The monoisotopic (exact) mass is 405 g/mol. The molecule has 1 aromatic carbocycles. The number of para-hydroxylation sites is 1. The summed E-state index contributed by atoms with van der Waals surface area (Å²) in [6, 6.07) is 12.6. The van der Waals surface area contributed by atoms with Crippen molar-refractivity contribution in [1.29, 1.82) is 0 Å². The Morgan fingerprint density at radius 2 is 1.58 bits per heavy atom. The van der Waals surface area contributed by atoms with E-state index < -0.39 is 10.2 Å². The molecule has 0 amide bonds. The molecule has 2 N–H and O–H groups in total. The van der Waals surface area contributed by atoms with Crippen LogP contribution in [0.25, 0.3) is 0 Å². The first-order valence-corrected chi connectivity index (χ1v) is 7.30. The maximum absolute atomic E-state index is 11.6. The van der Waals surface area contributed by atoms with Crippen LogP contribution in [0, 0.1) is 10.2 Å². The standard InChI is InChI=1S/C14H14N2O.ClHO4.Cu.H2O/c1-11(13-7-2-3-8-14(13)17)16-10-12-6-4-5-9-15-12;2-1(3,4)5;;/h2-9,17H,10H2,1H3;(H,2,3,4,5);;1H2/q;;+2;/p-2. The normalized spacial score (nSPS) is 10.6. The number of halogens is 1. The molecule has 1 heterocycles. The molecule has 0 fully saturated rings. The smallest absolute Gasteiger partial charge is 0.872 e. The third-order valence-electron chi connectivity index (χ3n) is 2.48. The summed E-state index contributed by atoms with van der Waals surface area (Å²) in [4.78, 5) is 8.56. The number of benzene rings is 1. The Morgan fingerprint density at radius 3 is 2.08 bits per heavy atom. The molecule has 0 saturated carbocycles. The van der Waals surface area contributed by atoms with Crippen molar-refractivity contribution in [3.63, 3.8) is 0 Å². The van der Waals surface area contributed by atoms with Gasteiger partial charge in [0, 0.05) is 11.9 Å². The first kappa shape index (κ1) is 24.7. The van der Waals surface area contributed by atoms with E-state index in [1.54, 1.807) is 24.4 Å². The molecule has 0 aliphatic heterocycles. The van der Waals surface area contributed by atoms with E-state index in [-0.39, 0.29) is 28.3 Å². The fourth-order valence-corrected chi connectivity index (χ4v) is 1.54. The zero-order chi connectivity index (χ0) is 16.6. The summed E-state index contributed by atoms with van der Waals surface area (Å²) in [6.45, 7) is 2.35. The van der Waals surface area contributed by atoms with Crippen molar-refractivity contribution >= 4 is 5.71 Å². The van der Waals surface area contributed by atoms with E-state index in [0.29, 0.717) is 12.1 Å². The van der Waals surface area contributed by atoms with Gasteiger partial charge in [-0.1, -0.05) is 36.1 Å². The van der Waals surface area contributed by atoms with Gasteiger partial charge in [0.25, 0.3) is 0 Å². The summed E-state index contributed by atoms with van der Waals surface area (Å²) in [5.74, 6) is 0.00905. The van der Waals surface area contributed by atoms with Crippen molar-refractivity contribution in [2.24, 2.45) is 4.99 Å². The molecule has 0 aliphatic rings. The zero-order valence-electron chi connectivity index (χ0n) is 12.4. The van der Waals surface area contributed by atoms with Gasteiger partial charge in [0.05, 0.1) is 12.2 Å². The minimum atomic E-state index is -4.94. The molecule has 10 heteroatoms. The Kier molecular flexibility index (Phi) is 12.3. The average Bonchev–Trinajstić information content (AvgIpc) is 2.45. The van der Waals surface area contributed by atoms with Crippen LogP contribution in [0.3, 0.4) is 0 Å². The molecular weight excluding hydrogens is 391 g/mol. The molecule has 0 spiro atoms. The topological polar surface area (TPSA) is 172 Å². The Morgan fingerprint density at radius 1 is 1.04 bits per heavy atom. The van der Waals surface area contributed by atoms with Crippen LogP contribution in [0.1, 0.15) is 18.2 Å². The summed E-state index contributed by atoms with van der Waals surface area (Å²) in [7, 11) is -4.94. The Labute approximate surface area is 151 Å². The van der Waals surface area contributed by atoms with Crippen LogP contribution in [0.15, 0.2) is 53.7 Å². The second kappa shape index (κ2) is 11.9. The maximum atomic E-state index is 11.6. The summed E-state index contributed by atoms with van der Waals surface area (Å²) in [6.07, 6.45) is 1.74. The van der Waals surface area contributed by atoms with Gasteiger partial charge in [-0.2, -0.15) is 0 Å². The number of hydrogen-bond acceptors (Lipinski definition) is 7. The quantitative estimate of drug-likeness (QED) is 0.379. The van der Waals surface area contributed by atoms with Gasteiger partial charge >= 0.3 is 17.1 Å². The van der Waals surface area contributed by atoms with E-state index in [4.69, 9.17) is 18.6 Å². The Hall–Kier alpha value is -1.55. The van der Waals surface area contributed by atoms with Crippen LogP contribution in [0.4, 0.5) is 0 Å². The van der Waals surface area contributed by atoms with Crippen LogP contribution in [0.2, 0.25) is 0 Å². The van der Waals surface area contributed by atoms with E-state index in [9.17, 15) is 5.11 Å². The second-order valence-corrected chi connectivity index (χ2v) is 4.85. The first-order chi connectivity index (χ1) is 10.3. The Bertz CT molecular complexity index is 616. The number of aromatic nitrogens is 1. The molecule has 8 nitrogen and oxygen atoms in total. The SMILES string of the molecule is CC(=NCc1ccccn1)c1ccccc1[O-].O.[Cu+2].[O-][Cl+3]([O-])([O-])[O-].